The number of H-pyrrole nitrogens is 1. The molecule has 0 spiro atoms. The van der Waals surface area contributed by atoms with Gasteiger partial charge in [-0.2, -0.15) is 0 Å². The van der Waals surface area contributed by atoms with Gasteiger partial charge >= 0.3 is 5.69 Å². The fraction of sp³-hybridized carbons (Fsp3) is 0.417. The Labute approximate surface area is 93.5 Å². The number of fused-ring (bicyclic) bond motifs is 1. The molecule has 0 saturated heterocycles. The van der Waals surface area contributed by atoms with Gasteiger partial charge in [-0.05, 0) is 17.5 Å². The molecular formula is C12H16N2O2. The number of nitrogens with one attached hydrogen (secondary N) is 1. The molecule has 4 heteroatoms. The zero-order chi connectivity index (χ0) is 11.9. The Kier molecular flexibility index (Phi) is 2.30. The lowest BCUT2D eigenvalue weighted by atomic mass is 9.97. The molecule has 1 heterocycles. The van der Waals surface area contributed by atoms with E-state index < -0.39 is 0 Å². The number of hydrogen-bond donors (Lipinski definition) is 2. The first-order chi connectivity index (χ1) is 7.37. The lowest BCUT2D eigenvalue weighted by Gasteiger charge is -2.18. The van der Waals surface area contributed by atoms with Gasteiger partial charge in [0.25, 0.3) is 0 Å². The average Bonchev–Trinajstić information content (AvgIpc) is 2.40. The SMILES string of the molecule is CC(C)(C)Cn1c(=O)[nH]c2cc(O)ccc21. The van der Waals surface area contributed by atoms with Crippen molar-refractivity contribution in [2.24, 2.45) is 5.41 Å². The Balaban J connectivity index is 2.61. The molecule has 0 saturated carbocycles. The van der Waals surface area contributed by atoms with E-state index in [-0.39, 0.29) is 16.9 Å². The van der Waals surface area contributed by atoms with Gasteiger partial charge in [0.15, 0.2) is 0 Å². The summed E-state index contributed by atoms with van der Waals surface area (Å²) in [5.41, 5.74) is 1.42. The fourth-order valence-corrected chi connectivity index (χ4v) is 1.78. The standard InChI is InChI=1S/C12H16N2O2/c1-12(2,3)7-14-10-5-4-8(15)6-9(10)13-11(14)16/h4-6,15H,7H2,1-3H3,(H,13,16). The molecule has 0 bridgehead atoms. The Hall–Kier alpha value is -1.71. The largest absolute Gasteiger partial charge is 0.508 e. The van der Waals surface area contributed by atoms with Crippen LogP contribution in [-0.2, 0) is 6.54 Å². The molecule has 0 aliphatic carbocycles. The number of aromatic amines is 1. The summed E-state index contributed by atoms with van der Waals surface area (Å²) in [4.78, 5) is 14.5. The molecule has 2 aromatic rings. The molecule has 0 aliphatic rings. The molecule has 0 fully saturated rings. The number of hydrogen-bond acceptors (Lipinski definition) is 2. The molecule has 1 aromatic heterocycles. The van der Waals surface area contributed by atoms with Crippen molar-refractivity contribution in [3.63, 3.8) is 0 Å². The summed E-state index contributed by atoms with van der Waals surface area (Å²) >= 11 is 0. The summed E-state index contributed by atoms with van der Waals surface area (Å²) in [7, 11) is 0. The van der Waals surface area contributed by atoms with Crippen LogP contribution in [0.5, 0.6) is 5.75 Å². The summed E-state index contributed by atoms with van der Waals surface area (Å²) in [6.07, 6.45) is 0. The lowest BCUT2D eigenvalue weighted by molar-refractivity contribution is 0.344. The first-order valence-electron chi connectivity index (χ1n) is 5.28. The number of aromatic hydroxyl groups is 1. The smallest absolute Gasteiger partial charge is 0.326 e. The Bertz CT molecular complexity index is 573. The minimum atomic E-state index is -0.129. The predicted octanol–water partition coefficient (Wildman–Crippen LogP) is 2.08. The van der Waals surface area contributed by atoms with Gasteiger partial charge in [-0.3, -0.25) is 4.57 Å². The van der Waals surface area contributed by atoms with Crippen LogP contribution in [0.2, 0.25) is 0 Å². The first kappa shape index (κ1) is 10.8. The topological polar surface area (TPSA) is 58.0 Å². The molecule has 2 N–H and O–H groups in total. The second-order valence-electron chi connectivity index (χ2n) is 5.28. The van der Waals surface area contributed by atoms with Crippen molar-refractivity contribution in [1.29, 1.82) is 0 Å². The average molecular weight is 220 g/mol. The van der Waals surface area contributed by atoms with Crippen LogP contribution >= 0.6 is 0 Å². The van der Waals surface area contributed by atoms with Crippen molar-refractivity contribution in [2.45, 2.75) is 27.3 Å². The van der Waals surface area contributed by atoms with Gasteiger partial charge in [-0.15, -0.1) is 0 Å². The normalized spacial score (nSPS) is 12.2. The van der Waals surface area contributed by atoms with E-state index in [2.05, 4.69) is 25.8 Å². The van der Waals surface area contributed by atoms with Gasteiger partial charge in [0.05, 0.1) is 11.0 Å². The van der Waals surface area contributed by atoms with Crippen molar-refractivity contribution in [3.05, 3.63) is 28.7 Å². The van der Waals surface area contributed by atoms with E-state index >= 15 is 0 Å². The highest BCUT2D eigenvalue weighted by molar-refractivity contribution is 5.76. The maximum Gasteiger partial charge on any atom is 0.326 e. The third kappa shape index (κ3) is 1.96. The zero-order valence-corrected chi connectivity index (χ0v) is 9.74. The highest BCUT2D eigenvalue weighted by Gasteiger charge is 2.15. The van der Waals surface area contributed by atoms with Crippen molar-refractivity contribution in [1.82, 2.24) is 9.55 Å². The second kappa shape index (κ2) is 3.40. The summed E-state index contributed by atoms with van der Waals surface area (Å²) in [6.45, 7) is 6.90. The van der Waals surface area contributed by atoms with Gasteiger partial charge in [-0.1, -0.05) is 20.8 Å². The number of phenolic OH excluding ortho intramolecular Hbond substituents is 1. The number of aromatic nitrogens is 2. The van der Waals surface area contributed by atoms with Crippen molar-refractivity contribution < 1.29 is 5.11 Å². The Morgan fingerprint density at radius 1 is 1.38 bits per heavy atom. The summed E-state index contributed by atoms with van der Waals surface area (Å²) in [6, 6.07) is 4.92. The third-order valence-corrected chi connectivity index (χ3v) is 2.39. The highest BCUT2D eigenvalue weighted by Crippen LogP contribution is 2.21. The maximum absolute atomic E-state index is 11.8. The van der Waals surface area contributed by atoms with Gasteiger partial charge < -0.3 is 10.1 Å². The molecule has 2 rings (SSSR count). The molecule has 86 valence electrons. The molecule has 0 radical (unpaired) electrons. The van der Waals surface area contributed by atoms with E-state index in [0.29, 0.717) is 12.1 Å². The van der Waals surface area contributed by atoms with Crippen LogP contribution in [0.15, 0.2) is 23.0 Å². The predicted molar refractivity (Wildman–Crippen MR) is 63.7 cm³/mol. The lowest BCUT2D eigenvalue weighted by Crippen LogP contribution is -2.24. The van der Waals surface area contributed by atoms with E-state index in [1.807, 2.05) is 0 Å². The molecule has 0 atom stereocenters. The van der Waals surface area contributed by atoms with E-state index in [9.17, 15) is 9.90 Å². The van der Waals surface area contributed by atoms with Crippen LogP contribution in [0.1, 0.15) is 20.8 Å². The van der Waals surface area contributed by atoms with E-state index in [1.54, 1.807) is 22.8 Å². The quantitative estimate of drug-likeness (QED) is 0.773. The molecule has 0 amide bonds. The summed E-state index contributed by atoms with van der Waals surface area (Å²) in [5.74, 6) is 0.164. The summed E-state index contributed by atoms with van der Waals surface area (Å²) in [5, 5.41) is 9.33. The van der Waals surface area contributed by atoms with Crippen LogP contribution in [0, 0.1) is 5.41 Å². The number of phenols is 1. The van der Waals surface area contributed by atoms with Crippen molar-refractivity contribution in [2.75, 3.05) is 0 Å². The van der Waals surface area contributed by atoms with Gasteiger partial charge in [-0.25, -0.2) is 4.79 Å². The number of nitrogens with zero attached hydrogens (tertiary/aromatic N) is 1. The number of benzene rings is 1. The molecule has 16 heavy (non-hydrogen) atoms. The van der Waals surface area contributed by atoms with Crippen LogP contribution in [-0.4, -0.2) is 14.7 Å². The van der Waals surface area contributed by atoms with E-state index in [4.69, 9.17) is 0 Å². The molecule has 0 unspecified atom stereocenters. The Morgan fingerprint density at radius 3 is 2.69 bits per heavy atom. The maximum atomic E-state index is 11.8. The minimum Gasteiger partial charge on any atom is -0.508 e. The monoisotopic (exact) mass is 220 g/mol. The first-order valence-corrected chi connectivity index (χ1v) is 5.28. The number of rotatable bonds is 1. The fourth-order valence-electron chi connectivity index (χ4n) is 1.78. The van der Waals surface area contributed by atoms with Crippen LogP contribution in [0.25, 0.3) is 11.0 Å². The van der Waals surface area contributed by atoms with Crippen LogP contribution in [0.3, 0.4) is 0 Å². The van der Waals surface area contributed by atoms with Gasteiger partial charge in [0, 0.05) is 12.6 Å². The molecular weight excluding hydrogens is 204 g/mol. The highest BCUT2D eigenvalue weighted by atomic mass is 16.3. The molecule has 1 aromatic carbocycles. The minimum absolute atomic E-state index is 0.0385. The molecule has 4 nitrogen and oxygen atoms in total. The summed E-state index contributed by atoms with van der Waals surface area (Å²) < 4.78 is 1.70. The van der Waals surface area contributed by atoms with E-state index in [1.165, 1.54) is 0 Å². The zero-order valence-electron chi connectivity index (χ0n) is 9.74. The third-order valence-electron chi connectivity index (χ3n) is 2.39. The molecule has 0 aliphatic heterocycles. The number of imidazole rings is 1. The Morgan fingerprint density at radius 2 is 2.06 bits per heavy atom. The van der Waals surface area contributed by atoms with Crippen molar-refractivity contribution >= 4 is 11.0 Å². The van der Waals surface area contributed by atoms with Crippen LogP contribution < -0.4 is 5.69 Å². The van der Waals surface area contributed by atoms with Crippen LogP contribution in [0.4, 0.5) is 0 Å². The van der Waals surface area contributed by atoms with Crippen molar-refractivity contribution in [3.8, 4) is 5.75 Å². The van der Waals surface area contributed by atoms with Gasteiger partial charge in [0.2, 0.25) is 0 Å². The second-order valence-corrected chi connectivity index (χ2v) is 5.28. The van der Waals surface area contributed by atoms with E-state index in [0.717, 1.165) is 5.52 Å². The van der Waals surface area contributed by atoms with Gasteiger partial charge in [0.1, 0.15) is 5.75 Å².